The Morgan fingerprint density at radius 2 is 2.16 bits per heavy atom. The molecule has 0 saturated carbocycles. The van der Waals surface area contributed by atoms with Gasteiger partial charge in [0, 0.05) is 26.3 Å². The van der Waals surface area contributed by atoms with Crippen LogP contribution < -0.4 is 10.2 Å². The summed E-state index contributed by atoms with van der Waals surface area (Å²) in [7, 11) is 1.66. The van der Waals surface area contributed by atoms with Gasteiger partial charge >= 0.3 is 0 Å². The number of hydrogen-bond acceptors (Lipinski definition) is 3. The molecule has 1 aromatic heterocycles. The molecule has 0 atom stereocenters. The van der Waals surface area contributed by atoms with Crippen LogP contribution in [0.3, 0.4) is 0 Å². The predicted molar refractivity (Wildman–Crippen MR) is 77.5 cm³/mol. The highest BCUT2D eigenvalue weighted by atomic mass is 16.1. The van der Waals surface area contributed by atoms with Gasteiger partial charge in [-0.15, -0.1) is 0 Å². The Morgan fingerprint density at radius 1 is 1.37 bits per heavy atom. The van der Waals surface area contributed by atoms with E-state index in [9.17, 15) is 4.79 Å². The molecule has 1 N–H and O–H groups in total. The zero-order chi connectivity index (χ0) is 13.9. The summed E-state index contributed by atoms with van der Waals surface area (Å²) in [5, 5.41) is 2.69. The second kappa shape index (κ2) is 5.59. The van der Waals surface area contributed by atoms with E-state index < -0.39 is 0 Å². The maximum atomic E-state index is 11.9. The fourth-order valence-corrected chi connectivity index (χ4v) is 2.60. The van der Waals surface area contributed by atoms with Gasteiger partial charge in [-0.05, 0) is 36.8 Å². The Labute approximate surface area is 115 Å². The molecule has 0 aromatic carbocycles. The predicted octanol–water partition coefficient (Wildman–Crippen LogP) is 2.46. The van der Waals surface area contributed by atoms with Gasteiger partial charge < -0.3 is 10.2 Å². The van der Waals surface area contributed by atoms with Gasteiger partial charge in [0.05, 0.1) is 5.56 Å². The SMILES string of the molecule is CNC(=O)c1cccnc1N1CCCC(C)(C)CC1. The van der Waals surface area contributed by atoms with E-state index >= 15 is 0 Å². The molecule has 0 unspecified atom stereocenters. The molecular weight excluding hydrogens is 238 g/mol. The van der Waals surface area contributed by atoms with Crippen LogP contribution in [0, 0.1) is 5.41 Å². The van der Waals surface area contributed by atoms with Crippen LogP contribution >= 0.6 is 0 Å². The molecular formula is C15H23N3O. The summed E-state index contributed by atoms with van der Waals surface area (Å²) >= 11 is 0. The first-order valence-corrected chi connectivity index (χ1v) is 6.95. The molecule has 0 spiro atoms. The van der Waals surface area contributed by atoms with E-state index in [0.29, 0.717) is 11.0 Å². The molecule has 2 heterocycles. The molecule has 1 saturated heterocycles. The Kier molecular flexibility index (Phi) is 4.08. The molecule has 1 aromatic rings. The van der Waals surface area contributed by atoms with Crippen molar-refractivity contribution in [3.63, 3.8) is 0 Å². The van der Waals surface area contributed by atoms with Crippen molar-refractivity contribution in [3.8, 4) is 0 Å². The Bertz CT molecular complexity index is 456. The van der Waals surface area contributed by atoms with Crippen LogP contribution in [-0.2, 0) is 0 Å². The van der Waals surface area contributed by atoms with Crippen molar-refractivity contribution < 1.29 is 4.79 Å². The van der Waals surface area contributed by atoms with Gasteiger partial charge in [0.2, 0.25) is 0 Å². The monoisotopic (exact) mass is 261 g/mol. The van der Waals surface area contributed by atoms with Gasteiger partial charge in [-0.2, -0.15) is 0 Å². The number of anilines is 1. The molecule has 4 nitrogen and oxygen atoms in total. The van der Waals surface area contributed by atoms with Gasteiger partial charge in [-0.1, -0.05) is 13.8 Å². The lowest BCUT2D eigenvalue weighted by Crippen LogP contribution is -2.29. The number of nitrogens with one attached hydrogen (secondary N) is 1. The molecule has 0 bridgehead atoms. The second-order valence-corrected chi connectivity index (χ2v) is 5.96. The highest BCUT2D eigenvalue weighted by Crippen LogP contribution is 2.31. The number of carbonyl (C=O) groups excluding carboxylic acids is 1. The molecule has 2 rings (SSSR count). The molecule has 0 aliphatic carbocycles. The minimum atomic E-state index is -0.0633. The van der Waals surface area contributed by atoms with Crippen LogP contribution in [0.1, 0.15) is 43.5 Å². The molecule has 19 heavy (non-hydrogen) atoms. The average Bonchev–Trinajstić information content (AvgIpc) is 2.59. The first-order valence-electron chi connectivity index (χ1n) is 6.95. The van der Waals surface area contributed by atoms with Crippen molar-refractivity contribution in [3.05, 3.63) is 23.9 Å². The van der Waals surface area contributed by atoms with Crippen molar-refractivity contribution in [1.82, 2.24) is 10.3 Å². The van der Waals surface area contributed by atoms with Crippen molar-refractivity contribution in [1.29, 1.82) is 0 Å². The average molecular weight is 261 g/mol. The van der Waals surface area contributed by atoms with Gasteiger partial charge in [0.25, 0.3) is 5.91 Å². The Morgan fingerprint density at radius 3 is 2.89 bits per heavy atom. The maximum absolute atomic E-state index is 11.9. The summed E-state index contributed by atoms with van der Waals surface area (Å²) in [6.07, 6.45) is 5.27. The van der Waals surface area contributed by atoms with Crippen molar-refractivity contribution >= 4 is 11.7 Å². The van der Waals surface area contributed by atoms with Crippen LogP contribution in [0.2, 0.25) is 0 Å². The topological polar surface area (TPSA) is 45.2 Å². The minimum absolute atomic E-state index is 0.0633. The van der Waals surface area contributed by atoms with Crippen LogP contribution in [0.25, 0.3) is 0 Å². The summed E-state index contributed by atoms with van der Waals surface area (Å²) < 4.78 is 0. The minimum Gasteiger partial charge on any atom is -0.356 e. The third-order valence-electron chi connectivity index (χ3n) is 3.90. The van der Waals surface area contributed by atoms with E-state index in [1.54, 1.807) is 13.2 Å². The number of carbonyl (C=O) groups is 1. The summed E-state index contributed by atoms with van der Waals surface area (Å²) in [6, 6.07) is 3.66. The largest absolute Gasteiger partial charge is 0.356 e. The number of pyridine rings is 1. The Balaban J connectivity index is 2.24. The summed E-state index contributed by atoms with van der Waals surface area (Å²) in [5.74, 6) is 0.756. The number of aromatic nitrogens is 1. The fourth-order valence-electron chi connectivity index (χ4n) is 2.60. The summed E-state index contributed by atoms with van der Waals surface area (Å²) in [6.45, 7) is 6.57. The lowest BCUT2D eigenvalue weighted by Gasteiger charge is -2.25. The third-order valence-corrected chi connectivity index (χ3v) is 3.90. The van der Waals surface area contributed by atoms with Crippen molar-refractivity contribution in [2.24, 2.45) is 5.41 Å². The standard InChI is InChI=1S/C15H23N3O/c1-15(2)7-5-10-18(11-8-15)13-12(14(19)16-3)6-4-9-17-13/h4,6,9H,5,7-8,10-11H2,1-3H3,(H,16,19). The molecule has 1 aliphatic heterocycles. The van der Waals surface area contributed by atoms with E-state index in [1.165, 1.54) is 6.42 Å². The summed E-state index contributed by atoms with van der Waals surface area (Å²) in [5.41, 5.74) is 1.06. The molecule has 1 fully saturated rings. The molecule has 4 heteroatoms. The lowest BCUT2D eigenvalue weighted by molar-refractivity contribution is 0.0963. The lowest BCUT2D eigenvalue weighted by atomic mass is 9.85. The normalized spacial score (nSPS) is 18.8. The molecule has 1 aliphatic rings. The summed E-state index contributed by atoms with van der Waals surface area (Å²) in [4.78, 5) is 18.6. The van der Waals surface area contributed by atoms with Gasteiger partial charge in [0.15, 0.2) is 0 Å². The highest BCUT2D eigenvalue weighted by molar-refractivity contribution is 5.98. The van der Waals surface area contributed by atoms with Gasteiger partial charge in [-0.25, -0.2) is 4.98 Å². The zero-order valence-electron chi connectivity index (χ0n) is 12.1. The first kappa shape index (κ1) is 13.8. The smallest absolute Gasteiger partial charge is 0.254 e. The fraction of sp³-hybridized carbons (Fsp3) is 0.600. The van der Waals surface area contributed by atoms with E-state index in [1.807, 2.05) is 12.1 Å². The highest BCUT2D eigenvalue weighted by Gasteiger charge is 2.25. The number of hydrogen-bond donors (Lipinski definition) is 1. The van der Waals surface area contributed by atoms with Crippen LogP contribution in [0.4, 0.5) is 5.82 Å². The van der Waals surface area contributed by atoms with E-state index in [-0.39, 0.29) is 5.91 Å². The maximum Gasteiger partial charge on any atom is 0.254 e. The number of amides is 1. The molecule has 0 radical (unpaired) electrons. The second-order valence-electron chi connectivity index (χ2n) is 5.96. The van der Waals surface area contributed by atoms with Crippen LogP contribution in [0.5, 0.6) is 0 Å². The van der Waals surface area contributed by atoms with Crippen molar-refractivity contribution in [2.75, 3.05) is 25.0 Å². The van der Waals surface area contributed by atoms with Crippen LogP contribution in [0.15, 0.2) is 18.3 Å². The molecule has 1 amide bonds. The first-order chi connectivity index (χ1) is 9.03. The van der Waals surface area contributed by atoms with Crippen molar-refractivity contribution in [2.45, 2.75) is 33.1 Å². The third kappa shape index (κ3) is 3.25. The van der Waals surface area contributed by atoms with E-state index in [4.69, 9.17) is 0 Å². The van der Waals surface area contributed by atoms with E-state index in [2.05, 4.69) is 29.0 Å². The quantitative estimate of drug-likeness (QED) is 0.889. The van der Waals surface area contributed by atoms with Crippen LogP contribution in [-0.4, -0.2) is 31.0 Å². The van der Waals surface area contributed by atoms with Gasteiger partial charge in [-0.3, -0.25) is 4.79 Å². The zero-order valence-corrected chi connectivity index (χ0v) is 12.1. The number of nitrogens with zero attached hydrogens (tertiary/aromatic N) is 2. The van der Waals surface area contributed by atoms with E-state index in [0.717, 1.165) is 31.7 Å². The van der Waals surface area contributed by atoms with Gasteiger partial charge in [0.1, 0.15) is 5.82 Å². The molecule has 104 valence electrons. The Hall–Kier alpha value is -1.58. The number of rotatable bonds is 2.